The average Bonchev–Trinajstić information content (AvgIpc) is 2.41. The molecule has 2 aliphatic heterocycles. The number of carbonyl (C=O) groups excluding carboxylic acids is 1. The van der Waals surface area contributed by atoms with Gasteiger partial charge in [0.2, 0.25) is 0 Å². The van der Waals surface area contributed by atoms with Crippen LogP contribution < -0.4 is 5.32 Å². The molecular weight excluding hydrogens is 303 g/mol. The Morgan fingerprint density at radius 3 is 3.00 bits per heavy atom. The van der Waals surface area contributed by atoms with Gasteiger partial charge in [0.05, 0.1) is 0 Å². The van der Waals surface area contributed by atoms with Crippen molar-refractivity contribution < 1.29 is 14.8 Å². The number of amides is 1. The molecule has 0 bridgehead atoms. The Hall–Kier alpha value is 0.259. The van der Waals surface area contributed by atoms with Crippen molar-refractivity contribution in [2.24, 2.45) is 0 Å². The molecule has 2 fully saturated rings. The number of hydrogen-bond acceptors (Lipinski definition) is 3. The molecule has 17 heavy (non-hydrogen) atoms. The van der Waals surface area contributed by atoms with Crippen LogP contribution in [0.25, 0.3) is 0 Å². The Morgan fingerprint density at radius 2 is 2.29 bits per heavy atom. The van der Waals surface area contributed by atoms with Crippen molar-refractivity contribution in [3.63, 3.8) is 0 Å². The molecule has 0 saturated carbocycles. The quantitative estimate of drug-likeness (QED) is 0.699. The third kappa shape index (κ3) is 4.79. The first kappa shape index (κ1) is 13.7. The van der Waals surface area contributed by atoms with Crippen LogP contribution in [0.15, 0.2) is 0 Å². The molecule has 2 N–H and O–H groups in total. The van der Waals surface area contributed by atoms with Crippen molar-refractivity contribution in [3.8, 4) is 0 Å². The van der Waals surface area contributed by atoms with Gasteiger partial charge in [-0.05, 0) is 0 Å². The number of nitrogens with zero attached hydrogens (tertiary/aromatic N) is 1. The molecule has 2 aliphatic rings. The summed E-state index contributed by atoms with van der Waals surface area (Å²) in [6.07, 6.45) is 2.01. The Balaban J connectivity index is 1.58. The summed E-state index contributed by atoms with van der Waals surface area (Å²) in [5, 5.41) is 3.75. The molecule has 2 heterocycles. The zero-order valence-corrected chi connectivity index (χ0v) is 12.6. The molecule has 98 valence electrons. The van der Waals surface area contributed by atoms with E-state index in [0.717, 1.165) is 39.5 Å². The first-order chi connectivity index (χ1) is 8.36. The van der Waals surface area contributed by atoms with Gasteiger partial charge in [0, 0.05) is 0 Å². The van der Waals surface area contributed by atoms with Crippen molar-refractivity contribution in [3.05, 3.63) is 0 Å². The molecule has 0 radical (unpaired) electrons. The van der Waals surface area contributed by atoms with Gasteiger partial charge in [-0.1, -0.05) is 0 Å². The maximum absolute atomic E-state index is 11.9. The third-order valence-electron chi connectivity index (χ3n) is 3.16. The molecule has 0 spiro atoms. The fourth-order valence-electron chi connectivity index (χ4n) is 2.08. The second-order valence-corrected chi connectivity index (χ2v) is 8.97. The number of rotatable bonds is 4. The molecule has 0 aromatic rings. The van der Waals surface area contributed by atoms with Crippen molar-refractivity contribution >= 4 is 29.9 Å². The second kappa shape index (κ2) is 7.64. The number of morpholine rings is 1. The van der Waals surface area contributed by atoms with Crippen LogP contribution in [0.5, 0.6) is 0 Å². The van der Waals surface area contributed by atoms with Gasteiger partial charge < -0.3 is 0 Å². The monoisotopic (exact) mass is 325 g/mol. The zero-order valence-electron chi connectivity index (χ0n) is 10.1. The summed E-state index contributed by atoms with van der Waals surface area (Å²) in [6.45, 7) is 3.93. The van der Waals surface area contributed by atoms with E-state index in [4.69, 9.17) is 4.74 Å². The fourth-order valence-corrected chi connectivity index (χ4v) is 6.55. The van der Waals surface area contributed by atoms with Crippen LogP contribution in [0.2, 0.25) is 5.32 Å². The Morgan fingerprint density at radius 1 is 1.47 bits per heavy atom. The van der Waals surface area contributed by atoms with Gasteiger partial charge in [-0.3, -0.25) is 0 Å². The minimum absolute atomic E-state index is 0.306. The van der Waals surface area contributed by atoms with E-state index >= 15 is 0 Å². The topological polar surface area (TPSA) is 46.2 Å². The van der Waals surface area contributed by atoms with Gasteiger partial charge in [-0.2, -0.15) is 0 Å². The first-order valence-corrected chi connectivity index (χ1v) is 10.5. The summed E-state index contributed by atoms with van der Waals surface area (Å²) >= 11 is 0.785. The van der Waals surface area contributed by atoms with E-state index in [1.54, 1.807) is 0 Å². The van der Waals surface area contributed by atoms with Gasteiger partial charge in [0.15, 0.2) is 0 Å². The minimum atomic E-state index is 0.306. The number of carbonyl (C=O) groups is 1. The fraction of sp³-hybridized carbons (Fsp3) is 0.909. The predicted molar refractivity (Wildman–Crippen MR) is 70.2 cm³/mol. The summed E-state index contributed by atoms with van der Waals surface area (Å²) in [6, 6.07) is 0.786. The van der Waals surface area contributed by atoms with Gasteiger partial charge in [0.1, 0.15) is 0 Å². The summed E-state index contributed by atoms with van der Waals surface area (Å²) in [4.78, 5) is 13.8. The van der Waals surface area contributed by atoms with Crippen molar-refractivity contribution in [1.29, 1.82) is 0 Å². The van der Waals surface area contributed by atoms with Crippen LogP contribution in [-0.2, 0) is 9.53 Å². The molecule has 2 rings (SSSR count). The van der Waals surface area contributed by atoms with E-state index in [1.165, 1.54) is 17.5 Å². The molecule has 1 amide bonds. The average molecular weight is 324 g/mol. The van der Waals surface area contributed by atoms with Crippen molar-refractivity contribution in [2.45, 2.75) is 24.2 Å². The summed E-state index contributed by atoms with van der Waals surface area (Å²) in [5.41, 5.74) is 0. The predicted octanol–water partition coefficient (Wildman–Crippen LogP) is -0.658. The summed E-state index contributed by atoms with van der Waals surface area (Å²) in [5.74, 6) is 1.62. The molecule has 2 saturated heterocycles. The normalized spacial score (nSPS) is 25.9. The van der Waals surface area contributed by atoms with Gasteiger partial charge >= 0.3 is 112 Å². The van der Waals surface area contributed by atoms with Crippen LogP contribution in [0.3, 0.4) is 0 Å². The molecule has 1 atom stereocenters. The number of quaternary nitrogens is 1. The van der Waals surface area contributed by atoms with Crippen LogP contribution in [0.4, 0.5) is 0 Å². The summed E-state index contributed by atoms with van der Waals surface area (Å²) < 4.78 is 5.25. The van der Waals surface area contributed by atoms with E-state index in [2.05, 4.69) is 15.5 Å². The van der Waals surface area contributed by atoms with Crippen LogP contribution >= 0.6 is 10.2 Å². The Kier molecular flexibility index (Phi) is 6.15. The van der Waals surface area contributed by atoms with Crippen LogP contribution in [0, 0.1) is 0 Å². The van der Waals surface area contributed by atoms with Gasteiger partial charge in [-0.25, -0.2) is 0 Å². The molecule has 0 aromatic carbocycles. The van der Waals surface area contributed by atoms with E-state index in [1.807, 2.05) is 4.90 Å². The molecule has 4 nitrogen and oxygen atoms in total. The second-order valence-electron chi connectivity index (χ2n) is 4.42. The van der Waals surface area contributed by atoms with Gasteiger partial charge in [-0.15, -0.1) is 0 Å². The molecule has 0 aromatic heterocycles. The maximum atomic E-state index is 11.9. The van der Waals surface area contributed by atoms with Crippen LogP contribution in [0.1, 0.15) is 12.8 Å². The van der Waals surface area contributed by atoms with Crippen molar-refractivity contribution in [2.75, 3.05) is 38.6 Å². The van der Waals surface area contributed by atoms with Gasteiger partial charge in [0.25, 0.3) is 0 Å². The third-order valence-corrected chi connectivity index (χ3v) is 7.72. The van der Waals surface area contributed by atoms with E-state index in [0.29, 0.717) is 25.5 Å². The van der Waals surface area contributed by atoms with E-state index in [9.17, 15) is 4.79 Å². The zero-order chi connectivity index (χ0) is 11.9. The van der Waals surface area contributed by atoms with E-state index < -0.39 is 0 Å². The standard InChI is InChI=1S/C11H20N2O2SSe/c14-11(13-4-6-15-7-5-13)1-3-12-10-2-8-16-17-9-10/h10,12H,1-9H2/p+1. The SMILES string of the molecule is O=C(CC[NH2+]C1CCS[Se]C1)N1CCOCC1. The summed E-state index contributed by atoms with van der Waals surface area (Å²) in [7, 11) is 2.11. The molecule has 6 heteroatoms. The molecular formula is C11H21N2O2SSe+. The van der Waals surface area contributed by atoms with E-state index in [-0.39, 0.29) is 0 Å². The Bertz CT molecular complexity index is 244. The Labute approximate surface area is 112 Å². The van der Waals surface area contributed by atoms with Crippen LogP contribution in [-0.4, -0.2) is 69.3 Å². The number of ether oxygens (including phenoxy) is 1. The number of hydrogen-bond donors (Lipinski definition) is 1. The molecule has 0 aliphatic carbocycles. The molecule has 1 unspecified atom stereocenters. The first-order valence-electron chi connectivity index (χ1n) is 6.29. The van der Waals surface area contributed by atoms with Crippen molar-refractivity contribution in [1.82, 2.24) is 4.90 Å². The number of nitrogens with two attached hydrogens (primary N) is 1.